The van der Waals surface area contributed by atoms with Gasteiger partial charge in [0.05, 0.1) is 19.3 Å². The van der Waals surface area contributed by atoms with Gasteiger partial charge < -0.3 is 20.1 Å². The fraction of sp³-hybridized carbons (Fsp3) is 0.333. The van der Waals surface area contributed by atoms with Crippen LogP contribution in [0.1, 0.15) is 16.8 Å². The molecule has 1 amide bonds. The van der Waals surface area contributed by atoms with E-state index in [4.69, 9.17) is 9.47 Å². The molecule has 9 nitrogen and oxygen atoms in total. The highest BCUT2D eigenvalue weighted by Gasteiger charge is 2.20. The minimum Gasteiger partial charge on any atom is -0.491 e. The summed E-state index contributed by atoms with van der Waals surface area (Å²) in [7, 11) is 3.49. The number of amides is 1. The number of nitrogens with zero attached hydrogens (tertiary/aromatic N) is 4. The molecule has 0 atom stereocenters. The van der Waals surface area contributed by atoms with E-state index >= 15 is 0 Å². The monoisotopic (exact) mass is 408 g/mol. The molecule has 0 bridgehead atoms. The molecule has 0 radical (unpaired) electrons. The van der Waals surface area contributed by atoms with Crippen molar-refractivity contribution in [2.45, 2.75) is 13.0 Å². The zero-order valence-electron chi connectivity index (χ0n) is 17.0. The minimum absolute atomic E-state index is 0.321. The van der Waals surface area contributed by atoms with Gasteiger partial charge in [-0.2, -0.15) is 4.99 Å². The van der Waals surface area contributed by atoms with E-state index in [9.17, 15) is 4.79 Å². The summed E-state index contributed by atoms with van der Waals surface area (Å²) in [6, 6.07) is 7.23. The van der Waals surface area contributed by atoms with Crippen LogP contribution >= 0.6 is 0 Å². The van der Waals surface area contributed by atoms with E-state index < -0.39 is 5.91 Å². The number of carbonyl (C=O) groups is 1. The fourth-order valence-corrected chi connectivity index (χ4v) is 3.42. The summed E-state index contributed by atoms with van der Waals surface area (Å²) < 4.78 is 13.5. The zero-order chi connectivity index (χ0) is 20.9. The van der Waals surface area contributed by atoms with E-state index in [1.54, 1.807) is 25.4 Å². The molecule has 2 N–H and O–H groups in total. The van der Waals surface area contributed by atoms with Crippen LogP contribution < -0.4 is 25.7 Å². The van der Waals surface area contributed by atoms with Gasteiger partial charge in [0, 0.05) is 30.9 Å². The van der Waals surface area contributed by atoms with Gasteiger partial charge in [-0.15, -0.1) is 0 Å². The van der Waals surface area contributed by atoms with Crippen LogP contribution in [0.3, 0.4) is 0 Å². The first kappa shape index (κ1) is 19.8. The Kier molecular flexibility index (Phi) is 5.89. The van der Waals surface area contributed by atoms with Crippen LogP contribution in [-0.4, -0.2) is 54.3 Å². The van der Waals surface area contributed by atoms with Crippen molar-refractivity contribution < 1.29 is 14.3 Å². The van der Waals surface area contributed by atoms with E-state index in [1.165, 1.54) is 6.20 Å². The van der Waals surface area contributed by atoms with Gasteiger partial charge in [0.2, 0.25) is 5.62 Å². The molecule has 0 saturated carbocycles. The molecular formula is C21H24N6O3. The Bertz CT molecular complexity index is 1130. The first-order chi connectivity index (χ1) is 14.7. The average Bonchev–Trinajstić information content (AvgIpc) is 3.27. The van der Waals surface area contributed by atoms with Crippen LogP contribution in [0.4, 0.5) is 5.82 Å². The second kappa shape index (κ2) is 8.91. The number of pyridine rings is 1. The van der Waals surface area contributed by atoms with E-state index in [1.807, 2.05) is 23.7 Å². The highest BCUT2D eigenvalue weighted by molar-refractivity contribution is 5.96. The third-order valence-electron chi connectivity index (χ3n) is 4.84. The molecular weight excluding hydrogens is 384 g/mol. The maximum Gasteiger partial charge on any atom is 0.281 e. The number of methoxy groups -OCH3 is 1. The standard InChI is InChI=1S/C21H24N6O3/c1-22-8-4-12-30-16-7-6-15-17(18(16)29-2)25-21(27-11-10-24-19(15)27)26-20(28)14-5-3-9-23-13-14/h3,5-7,9,13,22,24H,4,8,10-12H2,1-2H3. The van der Waals surface area contributed by atoms with E-state index in [0.29, 0.717) is 41.3 Å². The van der Waals surface area contributed by atoms with Crippen molar-refractivity contribution in [1.82, 2.24) is 19.9 Å². The molecule has 0 aliphatic carbocycles. The molecule has 1 aliphatic rings. The summed E-state index contributed by atoms with van der Waals surface area (Å²) >= 11 is 0. The molecule has 156 valence electrons. The Morgan fingerprint density at radius 1 is 1.37 bits per heavy atom. The molecule has 2 aromatic heterocycles. The van der Waals surface area contributed by atoms with Gasteiger partial charge in [-0.25, -0.2) is 4.98 Å². The Morgan fingerprint density at radius 3 is 3.03 bits per heavy atom. The maximum atomic E-state index is 12.6. The molecule has 3 aromatic rings. The second-order valence-electron chi connectivity index (χ2n) is 6.80. The number of hydrogen-bond acceptors (Lipinski definition) is 7. The van der Waals surface area contributed by atoms with Crippen molar-refractivity contribution in [3.05, 3.63) is 47.8 Å². The number of nitrogens with one attached hydrogen (secondary N) is 2. The topological polar surface area (TPSA) is 103 Å². The fourth-order valence-electron chi connectivity index (χ4n) is 3.42. The largest absolute Gasteiger partial charge is 0.491 e. The van der Waals surface area contributed by atoms with Gasteiger partial charge in [0.15, 0.2) is 11.5 Å². The lowest BCUT2D eigenvalue weighted by atomic mass is 10.2. The van der Waals surface area contributed by atoms with Crippen LogP contribution in [0.15, 0.2) is 41.7 Å². The smallest absolute Gasteiger partial charge is 0.281 e. The number of rotatable bonds is 7. The van der Waals surface area contributed by atoms with E-state index in [2.05, 4.69) is 25.6 Å². The Labute approximate surface area is 173 Å². The van der Waals surface area contributed by atoms with Gasteiger partial charge in [0.1, 0.15) is 11.3 Å². The molecule has 0 fully saturated rings. The van der Waals surface area contributed by atoms with Crippen molar-refractivity contribution in [3.63, 3.8) is 0 Å². The number of fused-ring (bicyclic) bond motifs is 3. The minimum atomic E-state index is -0.394. The Hall–Kier alpha value is -3.46. The molecule has 0 unspecified atom stereocenters. The lowest BCUT2D eigenvalue weighted by molar-refractivity contribution is 0.0996. The summed E-state index contributed by atoms with van der Waals surface area (Å²) in [6.45, 7) is 2.82. The Morgan fingerprint density at radius 2 is 2.27 bits per heavy atom. The third kappa shape index (κ3) is 3.84. The zero-order valence-corrected chi connectivity index (χ0v) is 17.0. The molecule has 9 heteroatoms. The van der Waals surface area contributed by atoms with Crippen molar-refractivity contribution in [1.29, 1.82) is 0 Å². The number of anilines is 1. The summed E-state index contributed by atoms with van der Waals surface area (Å²) in [5, 5.41) is 7.35. The van der Waals surface area contributed by atoms with Gasteiger partial charge in [0.25, 0.3) is 5.91 Å². The van der Waals surface area contributed by atoms with Gasteiger partial charge in [-0.3, -0.25) is 14.3 Å². The summed E-state index contributed by atoms with van der Waals surface area (Å²) in [5.41, 5.74) is 1.33. The molecule has 30 heavy (non-hydrogen) atoms. The predicted molar refractivity (Wildman–Crippen MR) is 113 cm³/mol. The highest BCUT2D eigenvalue weighted by atomic mass is 16.5. The SMILES string of the molecule is CNCCCOc1ccc2c3n(c(=NC(=O)c4cccnc4)nc2c1OC)CCN3. The van der Waals surface area contributed by atoms with Gasteiger partial charge in [-0.05, 0) is 44.3 Å². The first-order valence-corrected chi connectivity index (χ1v) is 9.85. The molecule has 4 rings (SSSR count). The second-order valence-corrected chi connectivity index (χ2v) is 6.80. The average molecular weight is 408 g/mol. The molecule has 1 aliphatic heterocycles. The Balaban J connectivity index is 1.81. The van der Waals surface area contributed by atoms with Crippen LogP contribution in [0, 0.1) is 0 Å². The van der Waals surface area contributed by atoms with Crippen molar-refractivity contribution >= 4 is 22.6 Å². The quantitative estimate of drug-likeness (QED) is 0.573. The van der Waals surface area contributed by atoms with Gasteiger partial charge in [-0.1, -0.05) is 0 Å². The number of carbonyl (C=O) groups excluding carboxylic acids is 1. The summed E-state index contributed by atoms with van der Waals surface area (Å²) in [6.07, 6.45) is 3.98. The first-order valence-electron chi connectivity index (χ1n) is 9.85. The number of hydrogen-bond donors (Lipinski definition) is 2. The number of aromatic nitrogens is 3. The number of benzene rings is 1. The van der Waals surface area contributed by atoms with Crippen LogP contribution in [-0.2, 0) is 6.54 Å². The molecule has 0 saturated heterocycles. The normalized spacial score (nSPS) is 13.2. The van der Waals surface area contributed by atoms with E-state index in [-0.39, 0.29) is 0 Å². The van der Waals surface area contributed by atoms with Gasteiger partial charge >= 0.3 is 0 Å². The van der Waals surface area contributed by atoms with Crippen LogP contribution in [0.25, 0.3) is 10.9 Å². The van der Waals surface area contributed by atoms with Crippen molar-refractivity contribution in [2.24, 2.45) is 4.99 Å². The van der Waals surface area contributed by atoms with Crippen molar-refractivity contribution in [3.8, 4) is 11.5 Å². The lowest BCUT2D eigenvalue weighted by Gasteiger charge is -2.15. The lowest BCUT2D eigenvalue weighted by Crippen LogP contribution is -2.25. The van der Waals surface area contributed by atoms with Crippen molar-refractivity contribution in [2.75, 3.05) is 39.2 Å². The third-order valence-corrected chi connectivity index (χ3v) is 4.84. The molecule has 0 spiro atoms. The van der Waals surface area contributed by atoms with E-state index in [0.717, 1.165) is 30.7 Å². The molecule has 3 heterocycles. The number of ether oxygens (including phenoxy) is 2. The van der Waals surface area contributed by atoms with Crippen LogP contribution in [0.5, 0.6) is 11.5 Å². The summed E-state index contributed by atoms with van der Waals surface area (Å²) in [4.78, 5) is 25.6. The maximum absolute atomic E-state index is 12.6. The predicted octanol–water partition coefficient (Wildman–Crippen LogP) is 1.59. The highest BCUT2D eigenvalue weighted by Crippen LogP contribution is 2.37. The van der Waals surface area contributed by atoms with Crippen LogP contribution in [0.2, 0.25) is 0 Å². The summed E-state index contributed by atoms with van der Waals surface area (Å²) in [5.74, 6) is 1.60. The molecule has 1 aromatic carbocycles.